The van der Waals surface area contributed by atoms with Crippen molar-refractivity contribution in [2.45, 2.75) is 58.3 Å². The van der Waals surface area contributed by atoms with Crippen molar-refractivity contribution in [3.8, 4) is 0 Å². The zero-order chi connectivity index (χ0) is 26.6. The Hall–Kier alpha value is -3.69. The van der Waals surface area contributed by atoms with Gasteiger partial charge in [0.25, 0.3) is 5.91 Å². The molecule has 1 aliphatic heterocycles. The van der Waals surface area contributed by atoms with Gasteiger partial charge in [0.05, 0.1) is 11.4 Å². The molecule has 0 saturated heterocycles. The van der Waals surface area contributed by atoms with Crippen LogP contribution in [0.25, 0.3) is 0 Å². The molecule has 0 radical (unpaired) electrons. The van der Waals surface area contributed by atoms with E-state index in [1.165, 1.54) is 0 Å². The van der Waals surface area contributed by atoms with E-state index in [2.05, 4.69) is 15.6 Å². The summed E-state index contributed by atoms with van der Waals surface area (Å²) in [6.07, 6.45) is -8.43. The second-order valence-corrected chi connectivity index (χ2v) is 9.19. The lowest BCUT2D eigenvalue weighted by molar-refractivity contribution is -0.143. The number of nitrogens with one attached hydrogen (secondary N) is 2. The fourth-order valence-electron chi connectivity index (χ4n) is 4.12. The van der Waals surface area contributed by atoms with E-state index < -0.39 is 55.2 Å². The number of rotatable bonds is 8. The Balaban J connectivity index is 2.02. The molecule has 1 heterocycles. The van der Waals surface area contributed by atoms with E-state index in [1.807, 2.05) is 63.2 Å². The van der Waals surface area contributed by atoms with Crippen LogP contribution < -0.4 is 16.4 Å². The van der Waals surface area contributed by atoms with Crippen LogP contribution in [0.3, 0.4) is 0 Å². The number of amides is 3. The maximum atomic E-state index is 13.2. The summed E-state index contributed by atoms with van der Waals surface area (Å²) in [7, 11) is 0. The highest BCUT2D eigenvalue weighted by Gasteiger charge is 2.34. The van der Waals surface area contributed by atoms with Crippen LogP contribution in [-0.2, 0) is 14.4 Å². The minimum atomic E-state index is -4.51. The Morgan fingerprint density at radius 3 is 2.47 bits per heavy atom. The number of carbonyl (C=O) groups is 3. The monoisotopic (exact) mass is 502 g/mol. The molecule has 36 heavy (non-hydrogen) atoms. The molecule has 7 nitrogen and oxygen atoms in total. The topological polar surface area (TPSA) is 114 Å². The molecule has 4 N–H and O–H groups in total. The molecule has 0 saturated carbocycles. The molecule has 2 atom stereocenters. The Morgan fingerprint density at radius 1 is 1.17 bits per heavy atom. The fraction of sp³-hybridized carbons (Fsp3) is 0.385. The highest BCUT2D eigenvalue weighted by Crippen LogP contribution is 2.32. The molecule has 0 fully saturated rings. The van der Waals surface area contributed by atoms with Gasteiger partial charge in [0, 0.05) is 29.9 Å². The summed E-state index contributed by atoms with van der Waals surface area (Å²) in [5, 5.41) is 5.27. The largest absolute Gasteiger partial charge is 0.389 e. The minimum absolute atomic E-state index is 0.0625. The number of hydrogen-bond donors (Lipinski definition) is 3. The lowest BCUT2D eigenvalue weighted by Crippen LogP contribution is -2.45. The molecule has 0 aliphatic carbocycles. The number of nitrogens with zero attached hydrogens (tertiary/aromatic N) is 1. The van der Waals surface area contributed by atoms with E-state index in [1.54, 1.807) is 0 Å². The maximum absolute atomic E-state index is 13.2. The van der Waals surface area contributed by atoms with E-state index in [-0.39, 0.29) is 5.92 Å². The third-order valence-corrected chi connectivity index (χ3v) is 5.89. The number of benzene rings is 2. The van der Waals surface area contributed by atoms with Gasteiger partial charge in [-0.05, 0) is 30.9 Å². The Kier molecular flexibility index (Phi) is 8.17. The first-order chi connectivity index (χ1) is 16.9. The number of primary amides is 1. The number of nitrogens with two attached hydrogens (primary N) is 1. The highest BCUT2D eigenvalue weighted by atomic mass is 19.4. The number of carbonyl (C=O) groups excluding carboxylic acids is 3. The summed E-state index contributed by atoms with van der Waals surface area (Å²) < 4.78 is 38.4. The number of benzodiazepines with no additional fused rings is 1. The fourth-order valence-corrected chi connectivity index (χ4v) is 4.12. The van der Waals surface area contributed by atoms with Gasteiger partial charge < -0.3 is 16.4 Å². The first-order valence-corrected chi connectivity index (χ1v) is 11.6. The van der Waals surface area contributed by atoms with Crippen LogP contribution in [0.4, 0.5) is 18.9 Å². The zero-order valence-corrected chi connectivity index (χ0v) is 20.3. The van der Waals surface area contributed by atoms with Crippen molar-refractivity contribution >= 4 is 29.1 Å². The van der Waals surface area contributed by atoms with Crippen LogP contribution >= 0.6 is 0 Å². The van der Waals surface area contributed by atoms with Gasteiger partial charge in [-0.2, -0.15) is 13.2 Å². The smallest absolute Gasteiger partial charge is 0.370 e. The number of alkyl halides is 3. The molecule has 0 spiro atoms. The van der Waals surface area contributed by atoms with E-state index in [4.69, 9.17) is 5.73 Å². The first kappa shape index (κ1) is 26.9. The van der Waals surface area contributed by atoms with Crippen molar-refractivity contribution in [3.63, 3.8) is 0 Å². The number of halogens is 3. The predicted molar refractivity (Wildman–Crippen MR) is 130 cm³/mol. The number of anilines is 1. The van der Waals surface area contributed by atoms with Gasteiger partial charge in [0.15, 0.2) is 0 Å². The number of hydrogen-bond acceptors (Lipinski definition) is 4. The molecule has 10 heteroatoms. The molecule has 2 aromatic carbocycles. The second kappa shape index (κ2) is 10.9. The molecule has 0 bridgehead atoms. The summed E-state index contributed by atoms with van der Waals surface area (Å²) in [5.41, 5.74) is 9.35. The lowest BCUT2D eigenvalue weighted by Gasteiger charge is -2.20. The van der Waals surface area contributed by atoms with Gasteiger partial charge in [-0.3, -0.25) is 14.4 Å². The molecular weight excluding hydrogens is 473 g/mol. The summed E-state index contributed by atoms with van der Waals surface area (Å²) in [4.78, 5) is 42.1. The first-order valence-electron chi connectivity index (χ1n) is 11.6. The molecule has 192 valence electrons. The Bertz CT molecular complexity index is 1190. The van der Waals surface area contributed by atoms with Crippen molar-refractivity contribution < 1.29 is 27.6 Å². The van der Waals surface area contributed by atoms with E-state index in [0.29, 0.717) is 22.5 Å². The molecule has 2 aromatic rings. The lowest BCUT2D eigenvalue weighted by atomic mass is 9.93. The minimum Gasteiger partial charge on any atom is -0.370 e. The molecule has 0 aromatic heterocycles. The molecule has 1 aliphatic rings. The van der Waals surface area contributed by atoms with Gasteiger partial charge in [0.1, 0.15) is 0 Å². The summed E-state index contributed by atoms with van der Waals surface area (Å²) in [6, 6.07) is 13.0. The van der Waals surface area contributed by atoms with Gasteiger partial charge in [0.2, 0.25) is 18.0 Å². The summed E-state index contributed by atoms with van der Waals surface area (Å²) >= 11 is 0. The van der Waals surface area contributed by atoms with Crippen LogP contribution in [0.1, 0.15) is 61.3 Å². The molecule has 2 unspecified atom stereocenters. The zero-order valence-electron chi connectivity index (χ0n) is 20.3. The van der Waals surface area contributed by atoms with Crippen molar-refractivity contribution in [3.05, 3.63) is 64.7 Å². The van der Waals surface area contributed by atoms with Crippen LogP contribution in [0.2, 0.25) is 0 Å². The third-order valence-electron chi connectivity index (χ3n) is 5.89. The van der Waals surface area contributed by atoms with Crippen molar-refractivity contribution in [2.75, 3.05) is 5.32 Å². The Morgan fingerprint density at radius 2 is 1.86 bits per heavy atom. The van der Waals surface area contributed by atoms with Gasteiger partial charge in [-0.1, -0.05) is 55.8 Å². The van der Waals surface area contributed by atoms with Gasteiger partial charge in [-0.25, -0.2) is 4.99 Å². The number of aliphatic imine (C=N–C) groups is 1. The molecule has 3 amide bonds. The number of para-hydroxylation sites is 1. The van der Waals surface area contributed by atoms with Crippen LogP contribution in [0.15, 0.2) is 47.5 Å². The predicted octanol–water partition coefficient (Wildman–Crippen LogP) is 4.18. The highest BCUT2D eigenvalue weighted by molar-refractivity contribution is 6.20. The van der Waals surface area contributed by atoms with Gasteiger partial charge in [-0.15, -0.1) is 0 Å². The van der Waals surface area contributed by atoms with Crippen molar-refractivity contribution in [1.82, 2.24) is 5.32 Å². The average molecular weight is 503 g/mol. The second-order valence-electron chi connectivity index (χ2n) is 9.19. The SMILES string of the molecule is Cc1cccc(C2=NC(NC(=O)C(CCC(F)(F)F)CC(N)=O)C(=O)Nc3c2cccc3C(C)C)c1. The number of fused-ring (bicyclic) bond motifs is 1. The third kappa shape index (κ3) is 6.71. The number of aryl methyl sites for hydroxylation is 1. The van der Waals surface area contributed by atoms with Crippen LogP contribution in [-0.4, -0.2) is 35.8 Å². The quantitative estimate of drug-likeness (QED) is 0.503. The Labute approximate surface area is 207 Å². The van der Waals surface area contributed by atoms with E-state index in [9.17, 15) is 27.6 Å². The van der Waals surface area contributed by atoms with Crippen LogP contribution in [0, 0.1) is 12.8 Å². The normalized spacial score (nSPS) is 16.5. The molecule has 3 rings (SSSR count). The molecular formula is C26H29F3N4O3. The average Bonchev–Trinajstić information content (AvgIpc) is 2.91. The van der Waals surface area contributed by atoms with E-state index in [0.717, 1.165) is 11.1 Å². The van der Waals surface area contributed by atoms with Crippen molar-refractivity contribution in [2.24, 2.45) is 16.6 Å². The standard InChI is InChI=1S/C26H29F3N4O3/c1-14(2)18-8-5-9-19-21(16-7-4-6-15(3)12-16)31-23(25(36)32-22(18)19)33-24(35)17(13-20(30)34)10-11-26(27,28)29/h4-9,12,14,17,23H,10-11,13H2,1-3H3,(H2,30,34)(H,32,36)(H,33,35). The van der Waals surface area contributed by atoms with Crippen LogP contribution in [0.5, 0.6) is 0 Å². The summed E-state index contributed by atoms with van der Waals surface area (Å²) in [5.74, 6) is -3.76. The summed E-state index contributed by atoms with van der Waals surface area (Å²) in [6.45, 7) is 5.86. The van der Waals surface area contributed by atoms with Crippen molar-refractivity contribution in [1.29, 1.82) is 0 Å². The van der Waals surface area contributed by atoms with Gasteiger partial charge >= 0.3 is 6.18 Å². The maximum Gasteiger partial charge on any atom is 0.389 e. The van der Waals surface area contributed by atoms with E-state index >= 15 is 0 Å².